The first-order chi connectivity index (χ1) is 46.5. The van der Waals surface area contributed by atoms with Crippen LogP contribution < -0.4 is 0 Å². The lowest BCUT2D eigenvalue weighted by atomic mass is 10.0. The van der Waals surface area contributed by atoms with E-state index in [9.17, 15) is 43.2 Å². The predicted molar refractivity (Wildman–Crippen MR) is 391 cm³/mol. The van der Waals surface area contributed by atoms with Crippen LogP contribution in [0.5, 0.6) is 0 Å². The highest BCUT2D eigenvalue weighted by Crippen LogP contribution is 2.45. The Bertz CT molecular complexity index is 1840. The van der Waals surface area contributed by atoms with Gasteiger partial charge in [0.05, 0.1) is 26.4 Å². The van der Waals surface area contributed by atoms with Crippen molar-refractivity contribution in [1.29, 1.82) is 0 Å². The summed E-state index contributed by atoms with van der Waals surface area (Å²) in [6.07, 6.45) is 59.5. The Morgan fingerprint density at radius 1 is 0.281 bits per heavy atom. The minimum absolute atomic E-state index is 0.108. The molecule has 0 aromatic carbocycles. The number of aliphatic hydroxyl groups is 1. The molecule has 0 rings (SSSR count). The fourth-order valence-electron chi connectivity index (χ4n) is 11.9. The van der Waals surface area contributed by atoms with Gasteiger partial charge in [-0.05, 0) is 31.6 Å². The molecule has 570 valence electrons. The fourth-order valence-corrected chi connectivity index (χ4v) is 13.5. The Morgan fingerprint density at radius 2 is 0.479 bits per heavy atom. The molecule has 0 spiro atoms. The van der Waals surface area contributed by atoms with Crippen LogP contribution in [0.25, 0.3) is 0 Å². The van der Waals surface area contributed by atoms with Gasteiger partial charge in [0, 0.05) is 25.7 Å². The number of phosphoric ester groups is 2. The maximum absolute atomic E-state index is 13.1. The lowest BCUT2D eigenvalue weighted by Gasteiger charge is -2.21. The molecule has 2 unspecified atom stereocenters. The largest absolute Gasteiger partial charge is 0.472 e. The fraction of sp³-hybridized carbons (Fsp3) is 0.948. The summed E-state index contributed by atoms with van der Waals surface area (Å²) in [6, 6.07) is 0. The van der Waals surface area contributed by atoms with Crippen molar-refractivity contribution >= 4 is 39.5 Å². The molecule has 0 aliphatic heterocycles. The standard InChI is InChI=1S/C77H150O17P2/c1-6-9-12-15-18-21-24-27-30-31-32-35-38-41-48-53-58-63-77(82)93-72(66-87-74(79)60-55-50-45-39-36-33-28-25-22-19-16-13-10-7-2)68-91-95(83,84)89-64-71(78)65-90-96(85,86)92-69-73(67-88-75(80)61-56-51-46-43-42-44-49-54-59-70(4)5)94-76(81)62-57-52-47-40-37-34-29-26-23-20-17-14-11-8-3/h70-73,78H,6-69H2,1-5H3,(H,83,84)(H,85,86)/t71-,72-,73-/m1/s1. The van der Waals surface area contributed by atoms with Gasteiger partial charge in [-0.25, -0.2) is 9.13 Å². The molecule has 0 aromatic heterocycles. The zero-order chi connectivity index (χ0) is 70.5. The summed E-state index contributed by atoms with van der Waals surface area (Å²) >= 11 is 0. The van der Waals surface area contributed by atoms with Crippen LogP contribution in [0, 0.1) is 5.92 Å². The maximum Gasteiger partial charge on any atom is 0.472 e. The van der Waals surface area contributed by atoms with Crippen LogP contribution in [0.1, 0.15) is 407 Å². The summed E-state index contributed by atoms with van der Waals surface area (Å²) < 4.78 is 68.6. The molecule has 0 aliphatic carbocycles. The van der Waals surface area contributed by atoms with Crippen molar-refractivity contribution in [3.8, 4) is 0 Å². The molecular weight excluding hydrogens is 1260 g/mol. The molecule has 19 heteroatoms. The van der Waals surface area contributed by atoms with Gasteiger partial charge in [-0.2, -0.15) is 0 Å². The van der Waals surface area contributed by atoms with E-state index < -0.39 is 97.5 Å². The molecule has 0 aromatic rings. The number of esters is 4. The molecule has 0 fully saturated rings. The molecule has 3 N–H and O–H groups in total. The average Bonchev–Trinajstić information content (AvgIpc) is 1.16. The lowest BCUT2D eigenvalue weighted by molar-refractivity contribution is -0.161. The van der Waals surface area contributed by atoms with E-state index in [1.165, 1.54) is 231 Å². The SMILES string of the molecule is CCCCCCCCCCCCCCCCCCCC(=O)O[C@H](COC(=O)CCCCCCCCCCCCCCCC)COP(=O)(O)OC[C@@H](O)COP(=O)(O)OC[C@@H](COC(=O)CCCCCCCCCCC(C)C)OC(=O)CCCCCCCCCCCCCCCC. The molecule has 0 heterocycles. The Labute approximate surface area is 588 Å². The third-order valence-electron chi connectivity index (χ3n) is 18.0. The molecule has 96 heavy (non-hydrogen) atoms. The first kappa shape index (κ1) is 94.1. The predicted octanol–water partition coefficient (Wildman–Crippen LogP) is 22.9. The van der Waals surface area contributed by atoms with E-state index in [4.69, 9.17) is 37.0 Å². The third kappa shape index (κ3) is 70.5. The summed E-state index contributed by atoms with van der Waals surface area (Å²) in [5.41, 5.74) is 0. The zero-order valence-corrected chi connectivity index (χ0v) is 64.3. The minimum atomic E-state index is -4.96. The van der Waals surface area contributed by atoms with Gasteiger partial charge in [-0.3, -0.25) is 37.3 Å². The molecule has 0 radical (unpaired) electrons. The molecular formula is C77H150O17P2. The van der Waals surface area contributed by atoms with Crippen LogP contribution >= 0.6 is 15.6 Å². The van der Waals surface area contributed by atoms with Crippen LogP contribution in [0.15, 0.2) is 0 Å². The van der Waals surface area contributed by atoms with Gasteiger partial charge in [0.2, 0.25) is 0 Å². The van der Waals surface area contributed by atoms with Crippen molar-refractivity contribution in [2.45, 2.75) is 425 Å². The molecule has 0 amide bonds. The number of rotatable bonds is 77. The highest BCUT2D eigenvalue weighted by atomic mass is 31.2. The number of hydrogen-bond acceptors (Lipinski definition) is 15. The molecule has 0 saturated heterocycles. The zero-order valence-electron chi connectivity index (χ0n) is 62.5. The second kappa shape index (κ2) is 70.1. The van der Waals surface area contributed by atoms with E-state index in [1.807, 2.05) is 0 Å². The van der Waals surface area contributed by atoms with Crippen LogP contribution in [0.2, 0.25) is 0 Å². The first-order valence-corrected chi connectivity index (χ1v) is 43.1. The highest BCUT2D eigenvalue weighted by molar-refractivity contribution is 7.47. The number of ether oxygens (including phenoxy) is 4. The Balaban J connectivity index is 5.25. The summed E-state index contributed by atoms with van der Waals surface area (Å²) in [5.74, 6) is -1.38. The summed E-state index contributed by atoms with van der Waals surface area (Å²) in [6.45, 7) is 7.28. The van der Waals surface area contributed by atoms with Crippen molar-refractivity contribution in [2.24, 2.45) is 5.92 Å². The Kier molecular flexibility index (Phi) is 68.7. The van der Waals surface area contributed by atoms with Gasteiger partial charge in [0.1, 0.15) is 19.3 Å². The first-order valence-electron chi connectivity index (χ1n) is 40.1. The molecule has 0 bridgehead atoms. The summed E-state index contributed by atoms with van der Waals surface area (Å²) in [4.78, 5) is 72.9. The molecule has 0 saturated carbocycles. The monoisotopic (exact) mass is 1410 g/mol. The number of carbonyl (C=O) groups is 4. The molecule has 0 aliphatic rings. The second-order valence-corrected chi connectivity index (χ2v) is 31.1. The lowest BCUT2D eigenvalue weighted by Crippen LogP contribution is -2.30. The van der Waals surface area contributed by atoms with Crippen molar-refractivity contribution < 1.29 is 80.2 Å². The quantitative estimate of drug-likeness (QED) is 0.0222. The Morgan fingerprint density at radius 3 is 0.708 bits per heavy atom. The smallest absolute Gasteiger partial charge is 0.462 e. The van der Waals surface area contributed by atoms with Crippen molar-refractivity contribution in [2.75, 3.05) is 39.6 Å². The van der Waals surface area contributed by atoms with Crippen molar-refractivity contribution in [3.63, 3.8) is 0 Å². The van der Waals surface area contributed by atoms with Gasteiger partial charge in [-0.1, -0.05) is 356 Å². The maximum atomic E-state index is 13.1. The summed E-state index contributed by atoms with van der Waals surface area (Å²) in [5, 5.41) is 10.6. The van der Waals surface area contributed by atoms with Crippen molar-refractivity contribution in [1.82, 2.24) is 0 Å². The number of unbranched alkanes of at least 4 members (excludes halogenated alkanes) is 49. The van der Waals surface area contributed by atoms with Crippen LogP contribution in [0.4, 0.5) is 0 Å². The number of carbonyl (C=O) groups excluding carboxylic acids is 4. The highest BCUT2D eigenvalue weighted by Gasteiger charge is 2.30. The number of aliphatic hydroxyl groups excluding tert-OH is 1. The van der Waals surface area contributed by atoms with E-state index in [0.717, 1.165) is 95.8 Å². The van der Waals surface area contributed by atoms with Crippen LogP contribution in [0.3, 0.4) is 0 Å². The second-order valence-electron chi connectivity index (χ2n) is 28.2. The van der Waals surface area contributed by atoms with Gasteiger partial charge in [0.25, 0.3) is 0 Å². The van der Waals surface area contributed by atoms with Gasteiger partial charge in [0.15, 0.2) is 12.2 Å². The van der Waals surface area contributed by atoms with Crippen molar-refractivity contribution in [3.05, 3.63) is 0 Å². The Hall–Kier alpha value is -1.94. The van der Waals surface area contributed by atoms with Gasteiger partial charge < -0.3 is 33.8 Å². The minimum Gasteiger partial charge on any atom is -0.462 e. The molecule has 5 atom stereocenters. The van der Waals surface area contributed by atoms with E-state index in [0.29, 0.717) is 25.7 Å². The van der Waals surface area contributed by atoms with Gasteiger partial charge >= 0.3 is 39.5 Å². The van der Waals surface area contributed by atoms with Crippen LogP contribution in [-0.4, -0.2) is 96.7 Å². The van der Waals surface area contributed by atoms with E-state index in [1.54, 1.807) is 0 Å². The average molecular weight is 1410 g/mol. The number of phosphoric acid groups is 2. The number of hydrogen-bond donors (Lipinski definition) is 3. The topological polar surface area (TPSA) is 237 Å². The van der Waals surface area contributed by atoms with E-state index >= 15 is 0 Å². The molecule has 17 nitrogen and oxygen atoms in total. The normalized spacial score (nSPS) is 13.9. The third-order valence-corrected chi connectivity index (χ3v) is 19.9. The van der Waals surface area contributed by atoms with Gasteiger partial charge in [-0.15, -0.1) is 0 Å². The van der Waals surface area contributed by atoms with E-state index in [2.05, 4.69) is 34.6 Å². The van der Waals surface area contributed by atoms with Crippen LogP contribution in [-0.2, 0) is 65.4 Å². The summed E-state index contributed by atoms with van der Waals surface area (Å²) in [7, 11) is -9.91. The van der Waals surface area contributed by atoms with E-state index in [-0.39, 0.29) is 25.7 Å².